The van der Waals surface area contributed by atoms with E-state index in [1.54, 1.807) is 26.0 Å². The molecule has 0 fully saturated rings. The lowest BCUT2D eigenvalue weighted by atomic mass is 9.67. The van der Waals surface area contributed by atoms with Gasteiger partial charge in [0.05, 0.1) is 21.9 Å². The molecular weight excluding hydrogens is 320 g/mol. The van der Waals surface area contributed by atoms with Crippen LogP contribution in [-0.4, -0.2) is 27.6 Å². The number of aryl methyl sites for hydroxylation is 1. The van der Waals surface area contributed by atoms with Crippen molar-refractivity contribution >= 4 is 28.1 Å². The summed E-state index contributed by atoms with van der Waals surface area (Å²) in [6.07, 6.45) is 0. The highest BCUT2D eigenvalue weighted by Crippen LogP contribution is 2.48. The average molecular weight is 340 g/mol. The molecule has 2 N–H and O–H groups in total. The highest BCUT2D eigenvalue weighted by molar-refractivity contribution is 6.23. The number of carbonyl (C=O) groups is 3. The molecular formula is C20H20O5. The van der Waals surface area contributed by atoms with Gasteiger partial charge in [0.2, 0.25) is 0 Å². The van der Waals surface area contributed by atoms with E-state index in [1.165, 1.54) is 20.8 Å². The molecule has 0 aliphatic heterocycles. The van der Waals surface area contributed by atoms with Gasteiger partial charge < -0.3 is 10.2 Å². The van der Waals surface area contributed by atoms with Gasteiger partial charge in [-0.2, -0.15) is 0 Å². The summed E-state index contributed by atoms with van der Waals surface area (Å²) >= 11 is 0. The summed E-state index contributed by atoms with van der Waals surface area (Å²) in [7, 11) is 0. The summed E-state index contributed by atoms with van der Waals surface area (Å²) in [5.74, 6) is -2.26. The zero-order valence-corrected chi connectivity index (χ0v) is 14.9. The lowest BCUT2D eigenvalue weighted by Gasteiger charge is -2.33. The molecule has 0 heterocycles. The van der Waals surface area contributed by atoms with Crippen LogP contribution in [0.3, 0.4) is 0 Å². The molecule has 2 aromatic carbocycles. The van der Waals surface area contributed by atoms with Gasteiger partial charge in [-0.3, -0.25) is 14.4 Å². The fourth-order valence-electron chi connectivity index (χ4n) is 3.82. The van der Waals surface area contributed by atoms with Gasteiger partial charge in [0.1, 0.15) is 11.5 Å². The molecule has 5 heteroatoms. The molecule has 25 heavy (non-hydrogen) atoms. The van der Waals surface area contributed by atoms with E-state index < -0.39 is 17.1 Å². The Hall–Kier alpha value is -2.69. The van der Waals surface area contributed by atoms with Crippen LogP contribution in [0, 0.1) is 12.3 Å². The third-order valence-electron chi connectivity index (χ3n) is 5.22. The number of aromatic hydroxyl groups is 2. The number of hydrogen-bond donors (Lipinski definition) is 2. The molecule has 5 nitrogen and oxygen atoms in total. The predicted molar refractivity (Wildman–Crippen MR) is 93.6 cm³/mol. The van der Waals surface area contributed by atoms with Crippen molar-refractivity contribution in [2.75, 3.05) is 0 Å². The minimum atomic E-state index is -1.25. The first-order valence-electron chi connectivity index (χ1n) is 8.12. The number of Topliss-reactive ketones (excluding diaryl/α,β-unsaturated/α-hetero) is 3. The van der Waals surface area contributed by atoms with Crippen LogP contribution in [0.4, 0.5) is 0 Å². The highest BCUT2D eigenvalue weighted by atomic mass is 16.3. The van der Waals surface area contributed by atoms with Crippen molar-refractivity contribution in [1.82, 2.24) is 0 Å². The normalized spacial score (nSPS) is 19.2. The monoisotopic (exact) mass is 340 g/mol. The number of phenolic OH excluding ortho intramolecular Hbond substituents is 2. The Morgan fingerprint density at radius 2 is 1.72 bits per heavy atom. The Kier molecular flexibility index (Phi) is 3.53. The highest BCUT2D eigenvalue weighted by Gasteiger charge is 2.47. The smallest absolute Gasteiger partial charge is 0.179 e. The fourth-order valence-corrected chi connectivity index (χ4v) is 3.82. The Balaban J connectivity index is 2.50. The maximum absolute atomic E-state index is 12.8. The number of hydrogen-bond acceptors (Lipinski definition) is 5. The summed E-state index contributed by atoms with van der Waals surface area (Å²) in [5, 5.41) is 21.9. The second-order valence-electron chi connectivity index (χ2n) is 7.30. The van der Waals surface area contributed by atoms with Crippen molar-refractivity contribution < 1.29 is 24.6 Å². The van der Waals surface area contributed by atoms with Gasteiger partial charge in [-0.05, 0) is 50.3 Å². The van der Waals surface area contributed by atoms with Gasteiger partial charge in [-0.15, -0.1) is 0 Å². The molecule has 0 bridgehead atoms. The first-order chi connectivity index (χ1) is 11.5. The lowest BCUT2D eigenvalue weighted by Crippen LogP contribution is -2.41. The van der Waals surface area contributed by atoms with Crippen LogP contribution in [-0.2, 0) is 4.79 Å². The Morgan fingerprint density at radius 1 is 1.12 bits per heavy atom. The van der Waals surface area contributed by atoms with Crippen molar-refractivity contribution in [1.29, 1.82) is 0 Å². The van der Waals surface area contributed by atoms with Crippen LogP contribution in [0.5, 0.6) is 11.5 Å². The summed E-state index contributed by atoms with van der Waals surface area (Å²) in [4.78, 5) is 37.2. The van der Waals surface area contributed by atoms with E-state index in [2.05, 4.69) is 0 Å². The maximum Gasteiger partial charge on any atom is 0.179 e. The van der Waals surface area contributed by atoms with Crippen LogP contribution < -0.4 is 0 Å². The number of phenols is 2. The van der Waals surface area contributed by atoms with Gasteiger partial charge in [0.25, 0.3) is 0 Å². The van der Waals surface area contributed by atoms with Crippen molar-refractivity contribution in [2.45, 2.75) is 40.5 Å². The summed E-state index contributed by atoms with van der Waals surface area (Å²) < 4.78 is 0. The SMILES string of the molecule is CC(=O)c1c(C)cc2cc3c(c(O)c2c1O)C(=O)C(C)(C)C(=O)C3C. The number of rotatable bonds is 1. The van der Waals surface area contributed by atoms with Gasteiger partial charge in [-0.1, -0.05) is 13.0 Å². The minimum absolute atomic E-state index is 0.0539. The summed E-state index contributed by atoms with van der Waals surface area (Å²) in [6.45, 7) is 7.80. The van der Waals surface area contributed by atoms with Crippen molar-refractivity contribution in [3.63, 3.8) is 0 Å². The molecule has 130 valence electrons. The zero-order valence-electron chi connectivity index (χ0n) is 14.9. The number of fused-ring (bicyclic) bond motifs is 2. The van der Waals surface area contributed by atoms with Gasteiger partial charge in [0, 0.05) is 5.92 Å². The van der Waals surface area contributed by atoms with E-state index in [9.17, 15) is 24.6 Å². The quantitative estimate of drug-likeness (QED) is 0.610. The number of carbonyl (C=O) groups excluding carboxylic acids is 3. The van der Waals surface area contributed by atoms with Gasteiger partial charge in [-0.25, -0.2) is 0 Å². The Morgan fingerprint density at radius 3 is 2.28 bits per heavy atom. The van der Waals surface area contributed by atoms with Crippen molar-refractivity contribution in [3.05, 3.63) is 34.4 Å². The number of benzene rings is 2. The first kappa shape index (κ1) is 17.1. The zero-order chi connectivity index (χ0) is 18.8. The third-order valence-corrected chi connectivity index (χ3v) is 5.22. The largest absolute Gasteiger partial charge is 0.506 e. The van der Waals surface area contributed by atoms with E-state index in [4.69, 9.17) is 0 Å². The van der Waals surface area contributed by atoms with Crippen LogP contribution in [0.1, 0.15) is 65.5 Å². The van der Waals surface area contributed by atoms with E-state index in [0.29, 0.717) is 16.5 Å². The standard InChI is InChI=1S/C20H20O5/c1-8-6-11-7-12-9(2)18(24)20(4,5)19(25)15(12)17(23)14(11)16(22)13(8)10(3)21/h6-7,9,22-23H,1-5H3. The second-order valence-corrected chi connectivity index (χ2v) is 7.30. The molecule has 0 spiro atoms. The topological polar surface area (TPSA) is 91.7 Å². The molecule has 2 aromatic rings. The van der Waals surface area contributed by atoms with Crippen molar-refractivity contribution in [3.8, 4) is 11.5 Å². The fraction of sp³-hybridized carbons (Fsp3) is 0.350. The average Bonchev–Trinajstić information content (AvgIpc) is 2.50. The Labute approximate surface area is 145 Å². The van der Waals surface area contributed by atoms with E-state index in [-0.39, 0.29) is 39.6 Å². The van der Waals surface area contributed by atoms with E-state index >= 15 is 0 Å². The minimum Gasteiger partial charge on any atom is -0.506 e. The third kappa shape index (κ3) is 2.11. The first-order valence-corrected chi connectivity index (χ1v) is 8.12. The number of ketones is 3. The van der Waals surface area contributed by atoms with Crippen LogP contribution in [0.2, 0.25) is 0 Å². The van der Waals surface area contributed by atoms with Crippen molar-refractivity contribution in [2.24, 2.45) is 5.41 Å². The Bertz CT molecular complexity index is 982. The molecule has 1 atom stereocenters. The maximum atomic E-state index is 12.8. The molecule has 1 unspecified atom stereocenters. The molecule has 3 rings (SSSR count). The van der Waals surface area contributed by atoms with Gasteiger partial charge in [0.15, 0.2) is 17.3 Å². The van der Waals surface area contributed by atoms with E-state index in [1.807, 2.05) is 0 Å². The van der Waals surface area contributed by atoms with E-state index in [0.717, 1.165) is 0 Å². The summed E-state index contributed by atoms with van der Waals surface area (Å²) in [5.41, 5.74) is -0.0546. The van der Waals surface area contributed by atoms with Crippen LogP contribution >= 0.6 is 0 Å². The molecule has 1 aliphatic carbocycles. The molecule has 0 aromatic heterocycles. The lowest BCUT2D eigenvalue weighted by molar-refractivity contribution is -0.126. The van der Waals surface area contributed by atoms with Crippen LogP contribution in [0.15, 0.2) is 12.1 Å². The second kappa shape index (κ2) is 5.15. The molecule has 1 aliphatic rings. The van der Waals surface area contributed by atoms with Gasteiger partial charge >= 0.3 is 0 Å². The molecule has 0 amide bonds. The summed E-state index contributed by atoms with van der Waals surface area (Å²) in [6, 6.07) is 3.32. The molecule has 0 saturated carbocycles. The predicted octanol–water partition coefficient (Wildman–Crippen LogP) is 3.66. The van der Waals surface area contributed by atoms with Crippen LogP contribution in [0.25, 0.3) is 10.8 Å². The molecule has 0 radical (unpaired) electrons. The molecule has 0 saturated heterocycles.